The Morgan fingerprint density at radius 2 is 1.63 bits per heavy atom. The highest BCUT2D eigenvalue weighted by Gasteiger charge is 2.33. The molecule has 0 aromatic heterocycles. The van der Waals surface area contributed by atoms with Crippen LogP contribution in [0, 0.1) is 0 Å². The number of anilines is 1. The number of rotatable bonds is 10. The van der Waals surface area contributed by atoms with Gasteiger partial charge in [-0.1, -0.05) is 69.5 Å². The Morgan fingerprint density at radius 1 is 0.947 bits per heavy atom. The van der Waals surface area contributed by atoms with Crippen LogP contribution in [0.1, 0.15) is 26.3 Å². The Balaban J connectivity index is 2.04. The molecule has 3 rings (SSSR count). The van der Waals surface area contributed by atoms with Crippen LogP contribution in [0.3, 0.4) is 0 Å². The normalized spacial score (nSPS) is 12.2. The minimum atomic E-state index is -4.13. The number of carbonyl (C=O) groups is 2. The van der Waals surface area contributed by atoms with Gasteiger partial charge in [-0.05, 0) is 68.8 Å². The van der Waals surface area contributed by atoms with Crippen molar-refractivity contribution in [2.45, 2.75) is 44.3 Å². The summed E-state index contributed by atoms with van der Waals surface area (Å²) in [6.45, 7) is 4.65. The molecule has 2 amide bonds. The van der Waals surface area contributed by atoms with Crippen LogP contribution in [0.15, 0.2) is 82.2 Å². The summed E-state index contributed by atoms with van der Waals surface area (Å²) in [5.41, 5.74) is 0.855. The van der Waals surface area contributed by atoms with Gasteiger partial charge in [0.15, 0.2) is 0 Å². The molecular formula is C27H28BrCl2N3O4S. The molecule has 38 heavy (non-hydrogen) atoms. The summed E-state index contributed by atoms with van der Waals surface area (Å²) >= 11 is 15.8. The largest absolute Gasteiger partial charge is 0.352 e. The lowest BCUT2D eigenvalue weighted by molar-refractivity contribution is -0.139. The standard InChI is InChI=1S/C27H28BrCl2N3O4S/c1-18(2)31-27(35)19(3)32(16-20-12-13-22(29)15-25(20)30)26(34)17-33(23-9-7-8-21(28)14-23)38(36,37)24-10-5-4-6-11-24/h4-15,18-19H,16-17H2,1-3H3,(H,31,35). The molecule has 3 aromatic rings. The van der Waals surface area contributed by atoms with Crippen LogP contribution in [0.5, 0.6) is 0 Å². The van der Waals surface area contributed by atoms with Gasteiger partial charge in [-0.15, -0.1) is 0 Å². The number of nitrogens with zero attached hydrogens (tertiary/aromatic N) is 2. The second-order valence-electron chi connectivity index (χ2n) is 8.90. The molecule has 0 saturated carbocycles. The Labute approximate surface area is 241 Å². The molecule has 1 unspecified atom stereocenters. The van der Waals surface area contributed by atoms with E-state index in [1.165, 1.54) is 17.0 Å². The van der Waals surface area contributed by atoms with Crippen molar-refractivity contribution in [2.24, 2.45) is 0 Å². The Morgan fingerprint density at radius 3 is 2.24 bits per heavy atom. The fourth-order valence-electron chi connectivity index (χ4n) is 3.70. The maximum atomic E-state index is 13.9. The van der Waals surface area contributed by atoms with Gasteiger partial charge >= 0.3 is 0 Å². The van der Waals surface area contributed by atoms with Gasteiger partial charge in [0.2, 0.25) is 11.8 Å². The molecule has 0 aliphatic rings. The summed E-state index contributed by atoms with van der Waals surface area (Å²) in [6, 6.07) is 18.3. The second kappa shape index (κ2) is 13.0. The molecule has 0 saturated heterocycles. The summed E-state index contributed by atoms with van der Waals surface area (Å²) in [5.74, 6) is -0.958. The molecule has 11 heteroatoms. The molecule has 3 aromatic carbocycles. The van der Waals surface area contributed by atoms with Crippen LogP contribution >= 0.6 is 39.1 Å². The van der Waals surface area contributed by atoms with Crippen LogP contribution in [0.2, 0.25) is 10.0 Å². The molecule has 0 spiro atoms. The molecule has 0 aliphatic carbocycles. The van der Waals surface area contributed by atoms with Crippen LogP contribution in [-0.4, -0.2) is 43.8 Å². The van der Waals surface area contributed by atoms with Gasteiger partial charge in [0.1, 0.15) is 12.6 Å². The van der Waals surface area contributed by atoms with Crippen molar-refractivity contribution in [3.05, 3.63) is 92.9 Å². The first-order valence-electron chi connectivity index (χ1n) is 11.8. The zero-order valence-electron chi connectivity index (χ0n) is 21.1. The molecule has 0 fully saturated rings. The van der Waals surface area contributed by atoms with E-state index in [1.807, 2.05) is 13.8 Å². The average Bonchev–Trinajstić information content (AvgIpc) is 2.86. The number of nitrogens with one attached hydrogen (secondary N) is 1. The van der Waals surface area contributed by atoms with Crippen LogP contribution < -0.4 is 9.62 Å². The van der Waals surface area contributed by atoms with Gasteiger partial charge in [-0.2, -0.15) is 0 Å². The van der Waals surface area contributed by atoms with E-state index < -0.39 is 28.5 Å². The van der Waals surface area contributed by atoms with Crippen LogP contribution in [0.25, 0.3) is 0 Å². The minimum absolute atomic E-state index is 0.0285. The van der Waals surface area contributed by atoms with Crippen molar-refractivity contribution < 1.29 is 18.0 Å². The molecule has 0 aliphatic heterocycles. The predicted molar refractivity (Wildman–Crippen MR) is 155 cm³/mol. The third-order valence-corrected chi connectivity index (χ3v) is 8.53. The lowest BCUT2D eigenvalue weighted by Crippen LogP contribution is -2.52. The van der Waals surface area contributed by atoms with Crippen molar-refractivity contribution in [2.75, 3.05) is 10.8 Å². The number of halogens is 3. The van der Waals surface area contributed by atoms with Crippen molar-refractivity contribution in [1.82, 2.24) is 10.2 Å². The number of sulfonamides is 1. The predicted octanol–water partition coefficient (Wildman–Crippen LogP) is 5.89. The van der Waals surface area contributed by atoms with Gasteiger partial charge in [0, 0.05) is 27.1 Å². The smallest absolute Gasteiger partial charge is 0.264 e. The van der Waals surface area contributed by atoms with Crippen molar-refractivity contribution in [3.8, 4) is 0 Å². The summed E-state index contributed by atoms with van der Waals surface area (Å²) in [7, 11) is -4.13. The van der Waals surface area contributed by atoms with E-state index in [9.17, 15) is 18.0 Å². The maximum absolute atomic E-state index is 13.9. The Hall–Kier alpha value is -2.59. The second-order valence-corrected chi connectivity index (χ2v) is 12.5. The van der Waals surface area contributed by atoms with Gasteiger partial charge in [-0.25, -0.2) is 8.42 Å². The number of benzene rings is 3. The van der Waals surface area contributed by atoms with Crippen LogP contribution in [0.4, 0.5) is 5.69 Å². The zero-order chi connectivity index (χ0) is 28.0. The van der Waals surface area contributed by atoms with Crippen molar-refractivity contribution >= 4 is 66.7 Å². The molecule has 7 nitrogen and oxygen atoms in total. The molecule has 1 atom stereocenters. The first kappa shape index (κ1) is 30.0. The molecule has 0 heterocycles. The first-order valence-corrected chi connectivity index (χ1v) is 14.8. The summed E-state index contributed by atoms with van der Waals surface area (Å²) in [5, 5.41) is 3.57. The highest BCUT2D eigenvalue weighted by Crippen LogP contribution is 2.28. The number of carbonyl (C=O) groups excluding carboxylic acids is 2. The molecule has 0 radical (unpaired) electrons. The van der Waals surface area contributed by atoms with Gasteiger partial charge in [0.05, 0.1) is 10.6 Å². The highest BCUT2D eigenvalue weighted by molar-refractivity contribution is 9.10. The highest BCUT2D eigenvalue weighted by atomic mass is 79.9. The molecular weight excluding hydrogens is 613 g/mol. The van der Waals surface area contributed by atoms with E-state index in [2.05, 4.69) is 21.2 Å². The molecule has 202 valence electrons. The monoisotopic (exact) mass is 639 g/mol. The Bertz CT molecular complexity index is 1400. The van der Waals surface area contributed by atoms with E-state index in [1.54, 1.807) is 67.6 Å². The van der Waals surface area contributed by atoms with Crippen LogP contribution in [-0.2, 0) is 26.2 Å². The first-order chi connectivity index (χ1) is 17.9. The van der Waals surface area contributed by atoms with Crippen molar-refractivity contribution in [1.29, 1.82) is 0 Å². The number of hydrogen-bond acceptors (Lipinski definition) is 4. The minimum Gasteiger partial charge on any atom is -0.352 e. The third-order valence-electron chi connectivity index (χ3n) is 5.66. The average molecular weight is 641 g/mol. The zero-order valence-corrected chi connectivity index (χ0v) is 25.0. The number of hydrogen-bond donors (Lipinski definition) is 1. The SMILES string of the molecule is CC(C)NC(=O)C(C)N(Cc1ccc(Cl)cc1Cl)C(=O)CN(c1cccc(Br)c1)S(=O)(=O)c1ccccc1. The van der Waals surface area contributed by atoms with E-state index >= 15 is 0 Å². The summed E-state index contributed by atoms with van der Waals surface area (Å²) in [4.78, 5) is 28.2. The summed E-state index contributed by atoms with van der Waals surface area (Å²) < 4.78 is 29.1. The fourth-order valence-corrected chi connectivity index (χ4v) is 5.98. The third kappa shape index (κ3) is 7.50. The van der Waals surface area contributed by atoms with E-state index in [0.717, 1.165) is 4.31 Å². The lowest BCUT2D eigenvalue weighted by Gasteiger charge is -2.32. The topological polar surface area (TPSA) is 86.8 Å². The van der Waals surface area contributed by atoms with E-state index in [-0.39, 0.29) is 23.4 Å². The quantitative estimate of drug-likeness (QED) is 0.299. The number of amides is 2. The van der Waals surface area contributed by atoms with Gasteiger partial charge < -0.3 is 10.2 Å². The van der Waals surface area contributed by atoms with E-state index in [0.29, 0.717) is 25.8 Å². The molecule has 1 N–H and O–H groups in total. The van der Waals surface area contributed by atoms with E-state index in [4.69, 9.17) is 23.2 Å². The van der Waals surface area contributed by atoms with Crippen molar-refractivity contribution in [3.63, 3.8) is 0 Å². The molecule has 0 bridgehead atoms. The maximum Gasteiger partial charge on any atom is 0.264 e. The van der Waals surface area contributed by atoms with Gasteiger partial charge in [0.25, 0.3) is 10.0 Å². The lowest BCUT2D eigenvalue weighted by atomic mass is 10.1. The fraction of sp³-hybridized carbons (Fsp3) is 0.259. The Kier molecular flexibility index (Phi) is 10.2. The van der Waals surface area contributed by atoms with Gasteiger partial charge in [-0.3, -0.25) is 13.9 Å². The summed E-state index contributed by atoms with van der Waals surface area (Å²) in [6.07, 6.45) is 0.